The summed E-state index contributed by atoms with van der Waals surface area (Å²) in [5, 5.41) is 0. The fourth-order valence-electron chi connectivity index (χ4n) is 3.21. The van der Waals surface area contributed by atoms with Crippen LogP contribution < -0.4 is 5.73 Å². The molecule has 1 aliphatic heterocycles. The number of benzene rings is 1. The lowest BCUT2D eigenvalue weighted by molar-refractivity contribution is -0.138. The Bertz CT molecular complexity index is 770. The molecule has 4 nitrogen and oxygen atoms in total. The van der Waals surface area contributed by atoms with Crippen LogP contribution in [0.1, 0.15) is 28.6 Å². The monoisotopic (exact) mass is 352 g/mol. The molecule has 3 rings (SSSR count). The highest BCUT2D eigenvalue weighted by molar-refractivity contribution is 5.79. The van der Waals surface area contributed by atoms with E-state index < -0.39 is 11.7 Å². The van der Waals surface area contributed by atoms with Gasteiger partial charge in [0.1, 0.15) is 11.5 Å². The molecule has 2 aromatic rings. The third-order valence-electron chi connectivity index (χ3n) is 4.51. The topological polar surface area (TPSA) is 59.5 Å². The molecule has 1 saturated heterocycles. The minimum atomic E-state index is -4.48. The van der Waals surface area contributed by atoms with E-state index in [9.17, 15) is 18.0 Å². The van der Waals surface area contributed by atoms with Crippen LogP contribution in [0.4, 0.5) is 13.2 Å². The first-order chi connectivity index (χ1) is 11.8. The van der Waals surface area contributed by atoms with E-state index in [2.05, 4.69) is 0 Å². The van der Waals surface area contributed by atoms with Crippen LogP contribution in [-0.4, -0.2) is 29.9 Å². The van der Waals surface area contributed by atoms with Gasteiger partial charge in [-0.25, -0.2) is 0 Å². The number of alkyl halides is 3. The fourth-order valence-corrected chi connectivity index (χ4v) is 3.21. The Hall–Kier alpha value is -2.28. The molecule has 0 unspecified atom stereocenters. The zero-order chi connectivity index (χ0) is 18.2. The van der Waals surface area contributed by atoms with Crippen molar-refractivity contribution in [1.29, 1.82) is 0 Å². The van der Waals surface area contributed by atoms with E-state index in [1.54, 1.807) is 0 Å². The second kappa shape index (κ2) is 6.55. The molecule has 25 heavy (non-hydrogen) atoms. The second-order valence-corrected chi connectivity index (χ2v) is 6.35. The van der Waals surface area contributed by atoms with Gasteiger partial charge in [-0.15, -0.1) is 0 Å². The summed E-state index contributed by atoms with van der Waals surface area (Å²) >= 11 is 0. The summed E-state index contributed by atoms with van der Waals surface area (Å²) in [6.45, 7) is 2.47. The van der Waals surface area contributed by atoms with Crippen molar-refractivity contribution < 1.29 is 22.4 Å². The molecule has 0 spiro atoms. The molecule has 2 N–H and O–H groups in total. The molecule has 134 valence electrons. The third-order valence-corrected chi connectivity index (χ3v) is 4.51. The molecule has 1 aromatic heterocycles. The predicted octanol–water partition coefficient (Wildman–Crippen LogP) is 3.10. The van der Waals surface area contributed by atoms with Crippen LogP contribution in [0.15, 0.2) is 40.8 Å². The van der Waals surface area contributed by atoms with E-state index in [0.29, 0.717) is 18.8 Å². The molecule has 1 aromatic carbocycles. The lowest BCUT2D eigenvalue weighted by atomic mass is 10.0. The summed E-state index contributed by atoms with van der Waals surface area (Å²) in [4.78, 5) is 14.0. The maximum absolute atomic E-state index is 13.1. The molecule has 1 aliphatic rings. The number of nitrogens with two attached hydrogens (primary N) is 1. The highest BCUT2D eigenvalue weighted by atomic mass is 19.4. The van der Waals surface area contributed by atoms with Gasteiger partial charge in [0.25, 0.3) is 0 Å². The summed E-state index contributed by atoms with van der Waals surface area (Å²) in [6, 6.07) is 8.50. The highest BCUT2D eigenvalue weighted by Crippen LogP contribution is 2.33. The number of aryl methyl sites for hydroxylation is 1. The number of likely N-dealkylation sites (tertiary alicyclic amines) is 1. The molecule has 2 atom stereocenters. The van der Waals surface area contributed by atoms with Crippen LogP contribution in [-0.2, 0) is 17.4 Å². The Morgan fingerprint density at radius 1 is 1.24 bits per heavy atom. The molecule has 0 saturated carbocycles. The van der Waals surface area contributed by atoms with Gasteiger partial charge in [0.2, 0.25) is 5.91 Å². The van der Waals surface area contributed by atoms with Crippen molar-refractivity contribution in [3.8, 4) is 0 Å². The lowest BCUT2D eigenvalue weighted by Gasteiger charge is -2.18. The van der Waals surface area contributed by atoms with Crippen molar-refractivity contribution in [3.63, 3.8) is 0 Å². The molecule has 0 aliphatic carbocycles. The Labute approximate surface area is 143 Å². The zero-order valence-corrected chi connectivity index (χ0v) is 13.7. The maximum atomic E-state index is 13.1. The molecule has 0 radical (unpaired) electrons. The first kappa shape index (κ1) is 17.5. The quantitative estimate of drug-likeness (QED) is 0.923. The summed E-state index contributed by atoms with van der Waals surface area (Å²) in [5.74, 6) is 0.954. The van der Waals surface area contributed by atoms with Crippen molar-refractivity contribution in [2.45, 2.75) is 31.5 Å². The number of hydrogen-bond donors (Lipinski definition) is 1. The van der Waals surface area contributed by atoms with Crippen LogP contribution >= 0.6 is 0 Å². The Morgan fingerprint density at radius 3 is 2.60 bits per heavy atom. The Balaban J connectivity index is 1.73. The number of carbonyl (C=O) groups excluding carboxylic acids is 1. The number of carbonyl (C=O) groups is 1. The van der Waals surface area contributed by atoms with Crippen LogP contribution in [0.25, 0.3) is 0 Å². The maximum Gasteiger partial charge on any atom is 0.416 e. The number of rotatable bonds is 3. The number of hydrogen-bond acceptors (Lipinski definition) is 3. The van der Waals surface area contributed by atoms with Gasteiger partial charge < -0.3 is 15.1 Å². The first-order valence-corrected chi connectivity index (χ1v) is 8.00. The zero-order valence-electron chi connectivity index (χ0n) is 13.7. The molecular formula is C18H19F3N2O2. The number of halogens is 3. The SMILES string of the molecule is Cc1ccc([C@H]2CN(C(=O)Cc3ccccc3C(F)(F)F)C[C@@H]2N)o1. The van der Waals surface area contributed by atoms with Crippen LogP contribution in [0.5, 0.6) is 0 Å². The molecule has 1 amide bonds. The average molecular weight is 352 g/mol. The van der Waals surface area contributed by atoms with Crippen molar-refractivity contribution in [2.75, 3.05) is 13.1 Å². The Morgan fingerprint density at radius 2 is 1.96 bits per heavy atom. The molecule has 2 heterocycles. The largest absolute Gasteiger partial charge is 0.466 e. The van der Waals surface area contributed by atoms with Gasteiger partial charge in [-0.2, -0.15) is 13.2 Å². The number of nitrogens with zero attached hydrogens (tertiary/aromatic N) is 1. The smallest absolute Gasteiger partial charge is 0.416 e. The molecule has 1 fully saturated rings. The minimum Gasteiger partial charge on any atom is -0.466 e. The molecule has 0 bridgehead atoms. The van der Waals surface area contributed by atoms with Gasteiger partial charge in [-0.3, -0.25) is 4.79 Å². The van der Waals surface area contributed by atoms with E-state index >= 15 is 0 Å². The summed E-state index contributed by atoms with van der Waals surface area (Å²) in [5.41, 5.74) is 5.31. The van der Waals surface area contributed by atoms with Gasteiger partial charge >= 0.3 is 6.18 Å². The first-order valence-electron chi connectivity index (χ1n) is 8.00. The van der Waals surface area contributed by atoms with E-state index in [0.717, 1.165) is 11.8 Å². The summed E-state index contributed by atoms with van der Waals surface area (Å²) in [6.07, 6.45) is -4.78. The van der Waals surface area contributed by atoms with Crippen LogP contribution in [0, 0.1) is 6.92 Å². The number of furan rings is 1. The van der Waals surface area contributed by atoms with Crippen molar-refractivity contribution in [2.24, 2.45) is 5.73 Å². The van der Waals surface area contributed by atoms with E-state index in [-0.39, 0.29) is 29.9 Å². The van der Waals surface area contributed by atoms with Gasteiger partial charge in [0.05, 0.1) is 17.9 Å². The molecule has 7 heteroatoms. The van der Waals surface area contributed by atoms with Crippen molar-refractivity contribution in [1.82, 2.24) is 4.90 Å². The molecular weight excluding hydrogens is 333 g/mol. The predicted molar refractivity (Wildman–Crippen MR) is 85.9 cm³/mol. The van der Waals surface area contributed by atoms with E-state index in [1.165, 1.54) is 23.1 Å². The standard InChI is InChI=1S/C18H19F3N2O2/c1-11-6-7-16(25-11)13-9-23(10-15(13)22)17(24)8-12-4-2-3-5-14(12)18(19,20)21/h2-7,13,15H,8-10,22H2,1H3/t13-,15-/m0/s1. The average Bonchev–Trinajstić information content (AvgIpc) is 3.12. The van der Waals surface area contributed by atoms with Crippen LogP contribution in [0.3, 0.4) is 0 Å². The van der Waals surface area contributed by atoms with E-state index in [4.69, 9.17) is 10.2 Å². The lowest BCUT2D eigenvalue weighted by Crippen LogP contribution is -2.33. The minimum absolute atomic E-state index is 0.0223. The highest BCUT2D eigenvalue weighted by Gasteiger charge is 2.37. The van der Waals surface area contributed by atoms with Gasteiger partial charge in [-0.1, -0.05) is 18.2 Å². The van der Waals surface area contributed by atoms with Gasteiger partial charge in [0, 0.05) is 19.1 Å². The van der Waals surface area contributed by atoms with Crippen molar-refractivity contribution in [3.05, 3.63) is 59.0 Å². The fraction of sp³-hybridized carbons (Fsp3) is 0.389. The summed E-state index contributed by atoms with van der Waals surface area (Å²) < 4.78 is 44.8. The van der Waals surface area contributed by atoms with Gasteiger partial charge in [0.15, 0.2) is 0 Å². The normalized spacial score (nSPS) is 20.9. The number of amides is 1. The van der Waals surface area contributed by atoms with Crippen molar-refractivity contribution >= 4 is 5.91 Å². The van der Waals surface area contributed by atoms with Crippen LogP contribution in [0.2, 0.25) is 0 Å². The second-order valence-electron chi connectivity index (χ2n) is 6.35. The third kappa shape index (κ3) is 3.71. The summed E-state index contributed by atoms with van der Waals surface area (Å²) in [7, 11) is 0. The van der Waals surface area contributed by atoms with Gasteiger partial charge in [-0.05, 0) is 30.7 Å². The Kier molecular flexibility index (Phi) is 4.60. The van der Waals surface area contributed by atoms with E-state index in [1.807, 2.05) is 19.1 Å².